The summed E-state index contributed by atoms with van der Waals surface area (Å²) in [7, 11) is 0. The van der Waals surface area contributed by atoms with Gasteiger partial charge in [-0.15, -0.1) is 0 Å². The molecule has 0 radical (unpaired) electrons. The van der Waals surface area contributed by atoms with Crippen LogP contribution in [0.15, 0.2) is 34.4 Å². The fourth-order valence-electron chi connectivity index (χ4n) is 4.05. The van der Waals surface area contributed by atoms with E-state index in [1.54, 1.807) is 9.95 Å². The van der Waals surface area contributed by atoms with Crippen molar-refractivity contribution < 1.29 is 9.59 Å². The van der Waals surface area contributed by atoms with Gasteiger partial charge in [-0.3, -0.25) is 14.5 Å². The highest BCUT2D eigenvalue weighted by Crippen LogP contribution is 2.38. The molecule has 0 bridgehead atoms. The Labute approximate surface area is 155 Å². The zero-order valence-corrected chi connectivity index (χ0v) is 15.5. The van der Waals surface area contributed by atoms with Gasteiger partial charge in [0.15, 0.2) is 0 Å². The number of thiazole rings is 1. The molecule has 2 aromatic rings. The quantitative estimate of drug-likeness (QED) is 0.842. The van der Waals surface area contributed by atoms with Crippen LogP contribution in [-0.4, -0.2) is 28.0 Å². The molecule has 1 saturated heterocycles. The summed E-state index contributed by atoms with van der Waals surface area (Å²) >= 11 is 1.13. The topological polar surface area (TPSA) is 71.4 Å². The molecule has 1 aromatic carbocycles. The molecule has 1 unspecified atom stereocenters. The van der Waals surface area contributed by atoms with E-state index in [-0.39, 0.29) is 23.4 Å². The molecule has 1 atom stereocenters. The van der Waals surface area contributed by atoms with Crippen molar-refractivity contribution in [2.75, 3.05) is 6.54 Å². The van der Waals surface area contributed by atoms with Crippen LogP contribution >= 0.6 is 11.3 Å². The van der Waals surface area contributed by atoms with E-state index in [9.17, 15) is 14.4 Å². The van der Waals surface area contributed by atoms with Gasteiger partial charge in [0.25, 0.3) is 5.91 Å². The van der Waals surface area contributed by atoms with Gasteiger partial charge in [0, 0.05) is 24.2 Å². The second-order valence-corrected chi connectivity index (χ2v) is 7.77. The van der Waals surface area contributed by atoms with E-state index < -0.39 is 5.54 Å². The van der Waals surface area contributed by atoms with Gasteiger partial charge in [0.05, 0.1) is 0 Å². The van der Waals surface area contributed by atoms with E-state index in [1.165, 1.54) is 4.90 Å². The normalized spacial score (nSPS) is 22.4. The highest BCUT2D eigenvalue weighted by Gasteiger charge is 2.53. The van der Waals surface area contributed by atoms with Crippen LogP contribution in [0.3, 0.4) is 0 Å². The smallest absolute Gasteiger partial charge is 0.319 e. The van der Waals surface area contributed by atoms with Crippen LogP contribution in [0.25, 0.3) is 0 Å². The maximum atomic E-state index is 13.3. The number of nitrogens with zero attached hydrogens (tertiary/aromatic N) is 2. The van der Waals surface area contributed by atoms with E-state index in [2.05, 4.69) is 5.32 Å². The first-order chi connectivity index (χ1) is 12.5. The summed E-state index contributed by atoms with van der Waals surface area (Å²) in [5.41, 5.74) is 1.94. The number of urea groups is 1. The first kappa shape index (κ1) is 17.0. The van der Waals surface area contributed by atoms with Crippen molar-refractivity contribution in [1.82, 2.24) is 14.8 Å². The Hall–Kier alpha value is -2.41. The highest BCUT2D eigenvalue weighted by atomic mass is 32.1. The molecular weight excluding hydrogens is 350 g/mol. The van der Waals surface area contributed by atoms with Crippen molar-refractivity contribution in [2.24, 2.45) is 0 Å². The SMILES string of the molecule is Cc1csc(=O)n1CCN1C(=O)NC2(CCCCc3ccccc32)C1=O. The number of benzene rings is 1. The number of carbonyl (C=O) groups is 2. The molecule has 26 heavy (non-hydrogen) atoms. The van der Waals surface area contributed by atoms with Gasteiger partial charge in [0.2, 0.25) is 0 Å². The Balaban J connectivity index is 1.64. The van der Waals surface area contributed by atoms with Crippen LogP contribution in [0, 0.1) is 6.92 Å². The van der Waals surface area contributed by atoms with Gasteiger partial charge in [-0.05, 0) is 43.7 Å². The van der Waals surface area contributed by atoms with Gasteiger partial charge < -0.3 is 9.88 Å². The maximum absolute atomic E-state index is 13.3. The van der Waals surface area contributed by atoms with E-state index in [4.69, 9.17) is 0 Å². The Morgan fingerprint density at radius 1 is 1.15 bits per heavy atom. The largest absolute Gasteiger partial charge is 0.325 e. The minimum atomic E-state index is -0.959. The molecular formula is C19H21N3O3S. The lowest BCUT2D eigenvalue weighted by atomic mass is 9.84. The predicted molar refractivity (Wildman–Crippen MR) is 99.2 cm³/mol. The number of nitrogens with one attached hydrogen (secondary N) is 1. The number of fused-ring (bicyclic) bond motifs is 2. The Morgan fingerprint density at radius 2 is 1.96 bits per heavy atom. The molecule has 1 spiro atoms. The molecule has 6 nitrogen and oxygen atoms in total. The lowest BCUT2D eigenvalue weighted by Crippen LogP contribution is -2.44. The Kier molecular flexibility index (Phi) is 4.19. The van der Waals surface area contributed by atoms with Gasteiger partial charge in [0.1, 0.15) is 5.54 Å². The van der Waals surface area contributed by atoms with Crippen LogP contribution in [-0.2, 0) is 23.3 Å². The van der Waals surface area contributed by atoms with Crippen LogP contribution in [0.5, 0.6) is 0 Å². The standard InChI is InChI=1S/C19H21N3O3S/c1-13-12-26-18(25)21(13)10-11-22-16(23)19(20-17(22)24)9-5-4-7-14-6-2-3-8-15(14)19/h2-3,6,8,12H,4-5,7,9-11H2,1H3,(H,20,24). The second-order valence-electron chi connectivity index (χ2n) is 6.95. The van der Waals surface area contributed by atoms with Gasteiger partial charge in [-0.2, -0.15) is 0 Å². The van der Waals surface area contributed by atoms with Crippen molar-refractivity contribution >= 4 is 23.3 Å². The fraction of sp³-hybridized carbons (Fsp3) is 0.421. The summed E-state index contributed by atoms with van der Waals surface area (Å²) in [6.07, 6.45) is 3.43. The lowest BCUT2D eigenvalue weighted by Gasteiger charge is -2.27. The van der Waals surface area contributed by atoms with Crippen LogP contribution < -0.4 is 10.2 Å². The summed E-state index contributed by atoms with van der Waals surface area (Å²) < 4.78 is 1.61. The number of aryl methyl sites for hydroxylation is 2. The molecule has 0 saturated carbocycles. The first-order valence-electron chi connectivity index (χ1n) is 8.90. The number of carbonyl (C=O) groups excluding carboxylic acids is 2. The minimum absolute atomic E-state index is 0.0657. The average molecular weight is 371 g/mol. The summed E-state index contributed by atoms with van der Waals surface area (Å²) in [6, 6.07) is 7.52. The van der Waals surface area contributed by atoms with E-state index >= 15 is 0 Å². The van der Waals surface area contributed by atoms with Gasteiger partial charge >= 0.3 is 10.9 Å². The molecule has 1 fully saturated rings. The maximum Gasteiger partial charge on any atom is 0.325 e. The van der Waals surface area contributed by atoms with Crippen molar-refractivity contribution in [1.29, 1.82) is 0 Å². The van der Waals surface area contributed by atoms with Crippen LogP contribution in [0.4, 0.5) is 4.79 Å². The molecule has 7 heteroatoms. The lowest BCUT2D eigenvalue weighted by molar-refractivity contribution is -0.132. The van der Waals surface area contributed by atoms with Crippen LogP contribution in [0.2, 0.25) is 0 Å². The molecule has 4 rings (SSSR count). The van der Waals surface area contributed by atoms with Crippen molar-refractivity contribution in [3.63, 3.8) is 0 Å². The van der Waals surface area contributed by atoms with Crippen LogP contribution in [0.1, 0.15) is 36.1 Å². The predicted octanol–water partition coefficient (Wildman–Crippen LogP) is 2.39. The van der Waals surface area contributed by atoms with E-state index in [0.29, 0.717) is 13.0 Å². The number of imide groups is 1. The molecule has 1 aromatic heterocycles. The van der Waals surface area contributed by atoms with E-state index in [0.717, 1.165) is 47.4 Å². The number of amides is 3. The third kappa shape index (κ3) is 2.58. The van der Waals surface area contributed by atoms with Gasteiger partial charge in [-0.1, -0.05) is 35.6 Å². The number of rotatable bonds is 3. The molecule has 1 N–H and O–H groups in total. The average Bonchev–Trinajstić information content (AvgIpc) is 2.98. The molecule has 2 heterocycles. The second kappa shape index (κ2) is 6.39. The highest BCUT2D eigenvalue weighted by molar-refractivity contribution is 7.07. The number of hydrogen-bond acceptors (Lipinski definition) is 4. The number of aromatic nitrogens is 1. The molecule has 3 amide bonds. The Morgan fingerprint density at radius 3 is 2.73 bits per heavy atom. The molecule has 136 valence electrons. The molecule has 2 aliphatic rings. The van der Waals surface area contributed by atoms with Crippen molar-refractivity contribution in [3.8, 4) is 0 Å². The summed E-state index contributed by atoms with van der Waals surface area (Å²) in [5.74, 6) is -0.196. The molecule has 1 aliphatic carbocycles. The Bertz CT molecular complexity index is 932. The summed E-state index contributed by atoms with van der Waals surface area (Å²) in [5, 5.41) is 4.77. The third-order valence-corrected chi connectivity index (χ3v) is 6.31. The fourth-order valence-corrected chi connectivity index (χ4v) is 4.81. The minimum Gasteiger partial charge on any atom is -0.319 e. The summed E-state index contributed by atoms with van der Waals surface area (Å²) in [6.45, 7) is 2.38. The number of hydrogen-bond donors (Lipinski definition) is 1. The summed E-state index contributed by atoms with van der Waals surface area (Å²) in [4.78, 5) is 39.0. The molecule has 1 aliphatic heterocycles. The first-order valence-corrected chi connectivity index (χ1v) is 9.78. The van der Waals surface area contributed by atoms with Crippen molar-refractivity contribution in [2.45, 2.75) is 44.7 Å². The van der Waals surface area contributed by atoms with E-state index in [1.807, 2.05) is 31.2 Å². The van der Waals surface area contributed by atoms with Crippen molar-refractivity contribution in [3.05, 3.63) is 56.1 Å². The zero-order chi connectivity index (χ0) is 18.3. The monoisotopic (exact) mass is 371 g/mol. The zero-order valence-electron chi connectivity index (χ0n) is 14.7. The van der Waals surface area contributed by atoms with Gasteiger partial charge in [-0.25, -0.2) is 4.79 Å². The third-order valence-electron chi connectivity index (χ3n) is 5.42.